The highest BCUT2D eigenvalue weighted by molar-refractivity contribution is 5.39. The van der Waals surface area contributed by atoms with E-state index in [0.717, 1.165) is 5.69 Å². The lowest BCUT2D eigenvalue weighted by Crippen LogP contribution is -2.32. The molecule has 23 heavy (non-hydrogen) atoms. The first-order valence-corrected chi connectivity index (χ1v) is 7.55. The third kappa shape index (κ3) is 3.75. The molecule has 124 valence electrons. The van der Waals surface area contributed by atoms with E-state index in [1.807, 2.05) is 6.92 Å². The van der Waals surface area contributed by atoms with Crippen molar-refractivity contribution in [3.05, 3.63) is 24.0 Å². The predicted octanol–water partition coefficient (Wildman–Crippen LogP) is 2.97. The minimum atomic E-state index is -2.53. The van der Waals surface area contributed by atoms with Crippen molar-refractivity contribution < 1.29 is 13.5 Å². The van der Waals surface area contributed by atoms with Crippen LogP contribution in [0.5, 0.6) is 5.88 Å². The number of nitrogens with one attached hydrogen (secondary N) is 1. The maximum absolute atomic E-state index is 13.2. The van der Waals surface area contributed by atoms with Crippen LogP contribution in [0.2, 0.25) is 0 Å². The number of hydrogen-bond acceptors (Lipinski definition) is 5. The maximum Gasteiger partial charge on any atom is 0.252 e. The average molecular weight is 323 g/mol. The van der Waals surface area contributed by atoms with Crippen LogP contribution in [0.25, 0.3) is 5.95 Å². The lowest BCUT2D eigenvalue weighted by Gasteiger charge is -2.29. The third-order valence-electron chi connectivity index (χ3n) is 3.89. The predicted molar refractivity (Wildman–Crippen MR) is 81.3 cm³/mol. The fourth-order valence-corrected chi connectivity index (χ4v) is 2.65. The highest BCUT2D eigenvalue weighted by Crippen LogP contribution is 2.34. The van der Waals surface area contributed by atoms with Crippen LogP contribution in [-0.2, 0) is 0 Å². The Hall–Kier alpha value is -2.25. The Bertz CT molecular complexity index is 678. The van der Waals surface area contributed by atoms with E-state index >= 15 is 0 Å². The van der Waals surface area contributed by atoms with Crippen LogP contribution in [0, 0.1) is 6.92 Å². The number of aromatic nitrogens is 4. The second-order valence-corrected chi connectivity index (χ2v) is 5.77. The summed E-state index contributed by atoms with van der Waals surface area (Å²) >= 11 is 0. The topological polar surface area (TPSA) is 64.9 Å². The molecule has 2 aromatic heterocycles. The van der Waals surface area contributed by atoms with Crippen molar-refractivity contribution in [2.24, 2.45) is 0 Å². The number of methoxy groups -OCH3 is 1. The van der Waals surface area contributed by atoms with Gasteiger partial charge in [0.25, 0.3) is 5.95 Å². The Labute approximate surface area is 132 Å². The van der Waals surface area contributed by atoms with Crippen molar-refractivity contribution in [1.29, 1.82) is 0 Å². The highest BCUT2D eigenvalue weighted by Gasteiger charge is 2.34. The normalized spacial score (nSPS) is 17.9. The van der Waals surface area contributed by atoms with Gasteiger partial charge in [0.1, 0.15) is 5.82 Å². The zero-order valence-corrected chi connectivity index (χ0v) is 13.1. The minimum Gasteiger partial charge on any atom is -0.480 e. The standard InChI is InChI=1S/C15H19F2N5O/c1-10-9-12(19-11-3-6-15(16,17)7-4-11)20-14(18-10)22-8-5-13(21-22)23-2/h5,8-9,11H,3-4,6-7H2,1-2H3,(H,18,19,20). The molecule has 0 atom stereocenters. The number of ether oxygens (including phenoxy) is 1. The molecule has 0 aromatic carbocycles. The van der Waals surface area contributed by atoms with Gasteiger partial charge in [-0.2, -0.15) is 4.98 Å². The van der Waals surface area contributed by atoms with Gasteiger partial charge in [-0.15, -0.1) is 5.10 Å². The SMILES string of the molecule is COc1ccn(-c2nc(C)cc(NC3CCC(F)(F)CC3)n2)n1. The molecule has 1 fully saturated rings. The van der Waals surface area contributed by atoms with Crippen molar-refractivity contribution in [3.8, 4) is 11.8 Å². The Morgan fingerprint density at radius 2 is 2.04 bits per heavy atom. The van der Waals surface area contributed by atoms with Crippen LogP contribution in [-0.4, -0.2) is 38.8 Å². The number of rotatable bonds is 4. The molecule has 6 nitrogen and oxygen atoms in total. The number of nitrogens with zero attached hydrogens (tertiary/aromatic N) is 4. The molecule has 2 heterocycles. The average Bonchev–Trinajstić information content (AvgIpc) is 2.98. The molecular formula is C15H19F2N5O. The van der Waals surface area contributed by atoms with E-state index < -0.39 is 5.92 Å². The van der Waals surface area contributed by atoms with Gasteiger partial charge >= 0.3 is 0 Å². The van der Waals surface area contributed by atoms with Gasteiger partial charge in [0.05, 0.1) is 7.11 Å². The van der Waals surface area contributed by atoms with Crippen molar-refractivity contribution in [3.63, 3.8) is 0 Å². The first-order valence-electron chi connectivity index (χ1n) is 7.55. The molecule has 0 unspecified atom stereocenters. The number of alkyl halides is 2. The van der Waals surface area contributed by atoms with E-state index in [9.17, 15) is 8.78 Å². The van der Waals surface area contributed by atoms with Gasteiger partial charge in [-0.1, -0.05) is 0 Å². The number of aryl methyl sites for hydroxylation is 1. The number of halogens is 2. The van der Waals surface area contributed by atoms with Crippen LogP contribution < -0.4 is 10.1 Å². The fraction of sp³-hybridized carbons (Fsp3) is 0.533. The monoisotopic (exact) mass is 323 g/mol. The summed E-state index contributed by atoms with van der Waals surface area (Å²) in [5.74, 6) is -1.02. The van der Waals surface area contributed by atoms with Crippen molar-refractivity contribution in [1.82, 2.24) is 19.7 Å². The Balaban J connectivity index is 1.75. The molecule has 8 heteroatoms. The molecule has 0 saturated heterocycles. The van der Waals surface area contributed by atoms with Crippen LogP contribution >= 0.6 is 0 Å². The summed E-state index contributed by atoms with van der Waals surface area (Å²) in [6.45, 7) is 1.85. The largest absolute Gasteiger partial charge is 0.480 e. The summed E-state index contributed by atoms with van der Waals surface area (Å²) in [6.07, 6.45) is 2.40. The number of anilines is 1. The summed E-state index contributed by atoms with van der Waals surface area (Å²) in [5, 5.41) is 7.42. The third-order valence-corrected chi connectivity index (χ3v) is 3.89. The first kappa shape index (κ1) is 15.6. The minimum absolute atomic E-state index is 0.00364. The molecule has 0 amide bonds. The van der Waals surface area contributed by atoms with Gasteiger partial charge in [0.2, 0.25) is 11.8 Å². The maximum atomic E-state index is 13.2. The fourth-order valence-electron chi connectivity index (χ4n) is 2.65. The first-order chi connectivity index (χ1) is 10.9. The summed E-state index contributed by atoms with van der Waals surface area (Å²) in [7, 11) is 1.54. The molecule has 1 aliphatic rings. The van der Waals surface area contributed by atoms with Gasteiger partial charge in [0.15, 0.2) is 0 Å². The van der Waals surface area contributed by atoms with Crippen molar-refractivity contribution in [2.75, 3.05) is 12.4 Å². The molecule has 3 rings (SSSR count). The molecular weight excluding hydrogens is 304 g/mol. The van der Waals surface area contributed by atoms with E-state index in [0.29, 0.717) is 30.5 Å². The van der Waals surface area contributed by atoms with Gasteiger partial charge in [-0.05, 0) is 19.8 Å². The van der Waals surface area contributed by atoms with E-state index in [-0.39, 0.29) is 18.9 Å². The van der Waals surface area contributed by atoms with Gasteiger partial charge in [0, 0.05) is 42.9 Å². The molecule has 0 aliphatic heterocycles. The summed E-state index contributed by atoms with van der Waals surface area (Å²) in [6, 6.07) is 3.52. The van der Waals surface area contributed by atoms with Crippen LogP contribution in [0.4, 0.5) is 14.6 Å². The lowest BCUT2D eigenvalue weighted by molar-refractivity contribution is -0.0361. The molecule has 2 aromatic rings. The Morgan fingerprint density at radius 3 is 2.70 bits per heavy atom. The van der Waals surface area contributed by atoms with E-state index in [1.165, 1.54) is 11.8 Å². The molecule has 1 N–H and O–H groups in total. The van der Waals surface area contributed by atoms with Gasteiger partial charge in [-0.25, -0.2) is 18.4 Å². The molecule has 0 radical (unpaired) electrons. The van der Waals surface area contributed by atoms with Crippen LogP contribution in [0.15, 0.2) is 18.3 Å². The Kier molecular flexibility index (Phi) is 4.14. The van der Waals surface area contributed by atoms with Crippen LogP contribution in [0.1, 0.15) is 31.4 Å². The Morgan fingerprint density at radius 1 is 1.30 bits per heavy atom. The van der Waals surface area contributed by atoms with Crippen LogP contribution in [0.3, 0.4) is 0 Å². The highest BCUT2D eigenvalue weighted by atomic mass is 19.3. The van der Waals surface area contributed by atoms with Gasteiger partial charge in [-0.3, -0.25) is 0 Å². The van der Waals surface area contributed by atoms with Crippen molar-refractivity contribution >= 4 is 5.82 Å². The molecule has 1 aliphatic carbocycles. The zero-order valence-electron chi connectivity index (χ0n) is 13.1. The lowest BCUT2D eigenvalue weighted by atomic mass is 9.92. The van der Waals surface area contributed by atoms with E-state index in [2.05, 4.69) is 20.4 Å². The quantitative estimate of drug-likeness (QED) is 0.937. The molecule has 0 spiro atoms. The smallest absolute Gasteiger partial charge is 0.252 e. The molecule has 0 bridgehead atoms. The second-order valence-electron chi connectivity index (χ2n) is 5.77. The zero-order chi connectivity index (χ0) is 16.4. The number of hydrogen-bond donors (Lipinski definition) is 1. The summed E-state index contributed by atoms with van der Waals surface area (Å²) < 4.78 is 33.0. The molecule has 1 saturated carbocycles. The summed E-state index contributed by atoms with van der Waals surface area (Å²) in [4.78, 5) is 8.76. The second kappa shape index (κ2) is 6.10. The summed E-state index contributed by atoms with van der Waals surface area (Å²) in [5.41, 5.74) is 0.771. The van der Waals surface area contributed by atoms with E-state index in [4.69, 9.17) is 4.74 Å². The van der Waals surface area contributed by atoms with Crippen molar-refractivity contribution in [2.45, 2.75) is 44.6 Å². The van der Waals surface area contributed by atoms with E-state index in [1.54, 1.807) is 18.3 Å². The van der Waals surface area contributed by atoms with Gasteiger partial charge < -0.3 is 10.1 Å².